The van der Waals surface area contributed by atoms with Crippen LogP contribution in [0, 0.1) is 11.8 Å². The summed E-state index contributed by atoms with van der Waals surface area (Å²) in [6, 6.07) is 0.307. The minimum atomic E-state index is 0.0321. The normalized spacial score (nSPS) is 23.4. The lowest BCUT2D eigenvalue weighted by Crippen LogP contribution is -2.52. The Hall–Kier alpha value is -0.650. The molecule has 5 heteroatoms. The Balaban J connectivity index is 2.54. The Morgan fingerprint density at radius 1 is 1.25 bits per heavy atom. The van der Waals surface area contributed by atoms with E-state index in [1.165, 1.54) is 0 Å². The van der Waals surface area contributed by atoms with Gasteiger partial charge in [-0.25, -0.2) is 0 Å². The molecule has 118 valence electrons. The van der Waals surface area contributed by atoms with E-state index in [0.717, 1.165) is 45.3 Å². The Morgan fingerprint density at radius 2 is 1.95 bits per heavy atom. The van der Waals surface area contributed by atoms with Crippen molar-refractivity contribution in [2.75, 3.05) is 32.8 Å². The first-order valence-electron chi connectivity index (χ1n) is 7.82. The molecule has 3 N–H and O–H groups in total. The van der Waals surface area contributed by atoms with Crippen LogP contribution in [0.5, 0.6) is 0 Å². The number of carbonyl (C=O) groups is 1. The average Bonchev–Trinajstić information content (AvgIpc) is 2.44. The van der Waals surface area contributed by atoms with Crippen LogP contribution in [0.3, 0.4) is 0 Å². The van der Waals surface area contributed by atoms with Crippen LogP contribution in [0.15, 0.2) is 0 Å². The number of nitrogens with one attached hydrogen (secondary N) is 1. The Bertz CT molecular complexity index is 284. The van der Waals surface area contributed by atoms with Crippen LogP contribution in [-0.4, -0.2) is 59.9 Å². The molecule has 0 radical (unpaired) electrons. The number of likely N-dealkylation sites (tertiary alicyclic amines) is 1. The number of rotatable bonds is 8. The van der Waals surface area contributed by atoms with Crippen molar-refractivity contribution < 1.29 is 15.0 Å². The van der Waals surface area contributed by atoms with Gasteiger partial charge in [0, 0.05) is 38.3 Å². The largest absolute Gasteiger partial charge is 0.396 e. The molecule has 2 atom stereocenters. The van der Waals surface area contributed by atoms with Crippen LogP contribution >= 0.6 is 0 Å². The van der Waals surface area contributed by atoms with E-state index in [2.05, 4.69) is 5.32 Å². The topological polar surface area (TPSA) is 72.8 Å². The van der Waals surface area contributed by atoms with Crippen LogP contribution in [0.1, 0.15) is 39.5 Å². The smallest absolute Gasteiger partial charge is 0.225 e. The highest BCUT2D eigenvalue weighted by Crippen LogP contribution is 2.22. The summed E-state index contributed by atoms with van der Waals surface area (Å²) in [7, 11) is 0. The van der Waals surface area contributed by atoms with Gasteiger partial charge in [-0.15, -0.1) is 0 Å². The maximum atomic E-state index is 12.2. The van der Waals surface area contributed by atoms with Gasteiger partial charge in [0.2, 0.25) is 5.91 Å². The minimum Gasteiger partial charge on any atom is -0.396 e. The van der Waals surface area contributed by atoms with E-state index >= 15 is 0 Å². The number of carbonyl (C=O) groups excluding carboxylic acids is 1. The molecule has 1 saturated heterocycles. The van der Waals surface area contributed by atoms with Crippen LogP contribution in [0.2, 0.25) is 0 Å². The van der Waals surface area contributed by atoms with Crippen molar-refractivity contribution in [2.45, 2.75) is 45.6 Å². The molecule has 0 saturated carbocycles. The van der Waals surface area contributed by atoms with E-state index in [1.54, 1.807) is 0 Å². The molecule has 0 bridgehead atoms. The molecule has 2 unspecified atom stereocenters. The summed E-state index contributed by atoms with van der Waals surface area (Å²) in [6.45, 7) is 6.66. The van der Waals surface area contributed by atoms with Crippen LogP contribution in [0.25, 0.3) is 0 Å². The van der Waals surface area contributed by atoms with Crippen molar-refractivity contribution in [3.8, 4) is 0 Å². The fourth-order valence-electron chi connectivity index (χ4n) is 2.87. The second kappa shape index (κ2) is 9.32. The molecule has 0 aliphatic carbocycles. The number of hydrogen-bond donors (Lipinski definition) is 3. The van der Waals surface area contributed by atoms with Crippen molar-refractivity contribution in [1.82, 2.24) is 10.2 Å². The standard InChI is InChI=1S/C15H30N2O3/c1-12(2)15(20)17-10-13(5-3-7-18)9-14(11-17)16-6-4-8-19/h12-14,16,18-19H,3-11H2,1-2H3. The number of amides is 1. The maximum Gasteiger partial charge on any atom is 0.225 e. The number of piperidine rings is 1. The monoisotopic (exact) mass is 286 g/mol. The van der Waals surface area contributed by atoms with Gasteiger partial charge in [0.05, 0.1) is 0 Å². The van der Waals surface area contributed by atoms with Crippen LogP contribution in [0.4, 0.5) is 0 Å². The Morgan fingerprint density at radius 3 is 2.55 bits per heavy atom. The summed E-state index contributed by atoms with van der Waals surface area (Å²) in [5.74, 6) is 0.711. The van der Waals surface area contributed by atoms with Gasteiger partial charge in [0.1, 0.15) is 0 Å². The van der Waals surface area contributed by atoms with Crippen LogP contribution in [-0.2, 0) is 4.79 Å². The lowest BCUT2D eigenvalue weighted by atomic mass is 9.89. The van der Waals surface area contributed by atoms with Gasteiger partial charge < -0.3 is 20.4 Å². The zero-order valence-electron chi connectivity index (χ0n) is 12.8. The quantitative estimate of drug-likeness (QED) is 0.572. The molecule has 1 amide bonds. The third-order valence-electron chi connectivity index (χ3n) is 3.88. The zero-order chi connectivity index (χ0) is 15.0. The zero-order valence-corrected chi connectivity index (χ0v) is 12.8. The molecular formula is C15H30N2O3. The van der Waals surface area contributed by atoms with E-state index in [0.29, 0.717) is 12.0 Å². The molecule has 20 heavy (non-hydrogen) atoms. The number of aliphatic hydroxyl groups is 2. The van der Waals surface area contributed by atoms with E-state index in [4.69, 9.17) is 10.2 Å². The third kappa shape index (κ3) is 5.77. The van der Waals surface area contributed by atoms with Crippen molar-refractivity contribution >= 4 is 5.91 Å². The summed E-state index contributed by atoms with van der Waals surface area (Å²) in [5, 5.41) is 21.3. The molecule has 1 aliphatic heterocycles. The molecule has 1 heterocycles. The van der Waals surface area contributed by atoms with Gasteiger partial charge in [-0.3, -0.25) is 4.79 Å². The average molecular weight is 286 g/mol. The highest BCUT2D eigenvalue weighted by atomic mass is 16.3. The molecule has 1 rings (SSSR count). The molecular weight excluding hydrogens is 256 g/mol. The van der Waals surface area contributed by atoms with Crippen molar-refractivity contribution in [2.24, 2.45) is 11.8 Å². The predicted molar refractivity (Wildman–Crippen MR) is 79.3 cm³/mol. The summed E-state index contributed by atoms with van der Waals surface area (Å²) in [4.78, 5) is 14.2. The van der Waals surface area contributed by atoms with Gasteiger partial charge in [0.15, 0.2) is 0 Å². The van der Waals surface area contributed by atoms with E-state index in [-0.39, 0.29) is 25.0 Å². The molecule has 1 fully saturated rings. The van der Waals surface area contributed by atoms with Gasteiger partial charge in [-0.2, -0.15) is 0 Å². The van der Waals surface area contributed by atoms with Gasteiger partial charge in [-0.05, 0) is 38.1 Å². The first kappa shape index (κ1) is 17.4. The lowest BCUT2D eigenvalue weighted by Gasteiger charge is -2.39. The minimum absolute atomic E-state index is 0.0321. The summed E-state index contributed by atoms with van der Waals surface area (Å²) in [5.41, 5.74) is 0. The van der Waals surface area contributed by atoms with Crippen molar-refractivity contribution in [3.05, 3.63) is 0 Å². The second-order valence-electron chi connectivity index (χ2n) is 6.09. The highest BCUT2D eigenvalue weighted by molar-refractivity contribution is 5.78. The maximum absolute atomic E-state index is 12.2. The predicted octanol–water partition coefficient (Wildman–Crippen LogP) is 0.604. The van der Waals surface area contributed by atoms with Gasteiger partial charge in [0.25, 0.3) is 0 Å². The number of aliphatic hydroxyl groups excluding tert-OH is 2. The Kier molecular flexibility index (Phi) is 8.11. The van der Waals surface area contributed by atoms with E-state index in [1.807, 2.05) is 18.7 Å². The molecule has 0 aromatic heterocycles. The fraction of sp³-hybridized carbons (Fsp3) is 0.933. The summed E-state index contributed by atoms with van der Waals surface area (Å²) < 4.78 is 0. The highest BCUT2D eigenvalue weighted by Gasteiger charge is 2.30. The molecule has 0 spiro atoms. The number of nitrogens with zero attached hydrogens (tertiary/aromatic N) is 1. The molecule has 1 aliphatic rings. The van der Waals surface area contributed by atoms with Crippen molar-refractivity contribution in [3.63, 3.8) is 0 Å². The summed E-state index contributed by atoms with van der Waals surface area (Å²) in [6.07, 6.45) is 3.57. The fourth-order valence-corrected chi connectivity index (χ4v) is 2.87. The van der Waals surface area contributed by atoms with Crippen molar-refractivity contribution in [1.29, 1.82) is 0 Å². The first-order valence-corrected chi connectivity index (χ1v) is 7.82. The van der Waals surface area contributed by atoms with Crippen LogP contribution < -0.4 is 5.32 Å². The molecule has 5 nitrogen and oxygen atoms in total. The first-order chi connectivity index (χ1) is 9.58. The van der Waals surface area contributed by atoms with Gasteiger partial charge >= 0.3 is 0 Å². The SMILES string of the molecule is CC(C)C(=O)N1CC(CCCO)CC(NCCCO)C1. The molecule has 0 aromatic rings. The second-order valence-corrected chi connectivity index (χ2v) is 6.09. The third-order valence-corrected chi connectivity index (χ3v) is 3.88. The van der Waals surface area contributed by atoms with E-state index in [9.17, 15) is 4.79 Å². The number of hydrogen-bond acceptors (Lipinski definition) is 4. The van der Waals surface area contributed by atoms with Gasteiger partial charge in [-0.1, -0.05) is 13.8 Å². The Labute approximate surface area is 122 Å². The summed E-state index contributed by atoms with van der Waals surface area (Å²) >= 11 is 0. The lowest BCUT2D eigenvalue weighted by molar-refractivity contribution is -0.137. The molecule has 0 aromatic carbocycles. The van der Waals surface area contributed by atoms with E-state index < -0.39 is 0 Å².